The maximum absolute atomic E-state index is 10.6. The molecule has 0 radical (unpaired) electrons. The fourth-order valence-electron chi connectivity index (χ4n) is 2.86. The van der Waals surface area contributed by atoms with Crippen LogP contribution in [-0.2, 0) is 0 Å². The smallest absolute Gasteiger partial charge is 0.0884 e. The second-order valence-electron chi connectivity index (χ2n) is 5.44. The van der Waals surface area contributed by atoms with Crippen LogP contribution < -0.4 is 0 Å². The Morgan fingerprint density at radius 3 is 2.43 bits per heavy atom. The van der Waals surface area contributed by atoms with E-state index in [1.54, 1.807) is 0 Å². The maximum atomic E-state index is 10.6. The summed E-state index contributed by atoms with van der Waals surface area (Å²) in [5.74, 6) is 1.58. The van der Waals surface area contributed by atoms with Gasteiger partial charge in [-0.3, -0.25) is 0 Å². The first kappa shape index (κ1) is 11.8. The van der Waals surface area contributed by atoms with E-state index in [1.807, 2.05) is 6.92 Å². The van der Waals surface area contributed by atoms with Crippen LogP contribution in [0.2, 0.25) is 0 Å². The zero-order valence-electron chi connectivity index (χ0n) is 10.0. The van der Waals surface area contributed by atoms with E-state index in [0.29, 0.717) is 17.8 Å². The van der Waals surface area contributed by atoms with Gasteiger partial charge in [-0.05, 0) is 43.1 Å². The van der Waals surface area contributed by atoms with Crippen LogP contribution in [0.5, 0.6) is 0 Å². The molecule has 0 aromatic heterocycles. The third kappa shape index (κ3) is 2.03. The lowest BCUT2D eigenvalue weighted by atomic mass is 9.64. The Labute approximate surface area is 88.2 Å². The van der Waals surface area contributed by atoms with Crippen LogP contribution >= 0.6 is 0 Å². The number of hydrogen-bond acceptors (Lipinski definition) is 1. The average molecular weight is 196 g/mol. The standard InChI is InChI=1S/C13H24O/c1-9(2)12-7-6-11(5)8-13(12,14)10(3)4/h9,11-12,14H,3,6-8H2,1-2,4-5H3. The lowest BCUT2D eigenvalue weighted by Crippen LogP contribution is -2.46. The molecule has 1 saturated carbocycles. The van der Waals surface area contributed by atoms with Crippen LogP contribution in [0, 0.1) is 17.8 Å². The summed E-state index contributed by atoms with van der Waals surface area (Å²) in [6, 6.07) is 0. The molecule has 82 valence electrons. The predicted molar refractivity (Wildman–Crippen MR) is 61.1 cm³/mol. The molecule has 1 N–H and O–H groups in total. The second kappa shape index (κ2) is 4.06. The monoisotopic (exact) mass is 196 g/mol. The fourth-order valence-corrected chi connectivity index (χ4v) is 2.86. The minimum Gasteiger partial charge on any atom is -0.385 e. The largest absolute Gasteiger partial charge is 0.385 e. The van der Waals surface area contributed by atoms with Crippen LogP contribution in [-0.4, -0.2) is 10.7 Å². The third-order valence-electron chi connectivity index (χ3n) is 3.79. The lowest BCUT2D eigenvalue weighted by Gasteiger charge is -2.45. The fraction of sp³-hybridized carbons (Fsp3) is 0.846. The van der Waals surface area contributed by atoms with Crippen LogP contribution in [0.3, 0.4) is 0 Å². The second-order valence-corrected chi connectivity index (χ2v) is 5.44. The van der Waals surface area contributed by atoms with E-state index in [0.717, 1.165) is 18.4 Å². The summed E-state index contributed by atoms with van der Waals surface area (Å²) in [6.45, 7) is 12.6. The molecule has 0 heterocycles. The van der Waals surface area contributed by atoms with Gasteiger partial charge in [0.05, 0.1) is 5.60 Å². The van der Waals surface area contributed by atoms with Gasteiger partial charge in [0.2, 0.25) is 0 Å². The van der Waals surface area contributed by atoms with Gasteiger partial charge in [0.25, 0.3) is 0 Å². The predicted octanol–water partition coefficient (Wildman–Crippen LogP) is 3.39. The average Bonchev–Trinajstić information content (AvgIpc) is 2.02. The molecule has 1 aliphatic rings. The van der Waals surface area contributed by atoms with E-state index in [4.69, 9.17) is 0 Å². The maximum Gasteiger partial charge on any atom is 0.0884 e. The molecule has 1 aliphatic carbocycles. The van der Waals surface area contributed by atoms with Crippen molar-refractivity contribution in [3.8, 4) is 0 Å². The van der Waals surface area contributed by atoms with Crippen LogP contribution in [0.4, 0.5) is 0 Å². The molecule has 0 spiro atoms. The molecule has 0 aromatic carbocycles. The van der Waals surface area contributed by atoms with E-state index < -0.39 is 5.60 Å². The molecule has 1 heteroatoms. The van der Waals surface area contributed by atoms with Crippen molar-refractivity contribution in [3.63, 3.8) is 0 Å². The number of aliphatic hydroxyl groups is 1. The van der Waals surface area contributed by atoms with Crippen LogP contribution in [0.15, 0.2) is 12.2 Å². The van der Waals surface area contributed by atoms with Gasteiger partial charge in [-0.2, -0.15) is 0 Å². The highest BCUT2D eigenvalue weighted by atomic mass is 16.3. The van der Waals surface area contributed by atoms with E-state index in [9.17, 15) is 5.11 Å². The first-order chi connectivity index (χ1) is 6.38. The molecule has 1 rings (SSSR count). The van der Waals surface area contributed by atoms with Gasteiger partial charge >= 0.3 is 0 Å². The van der Waals surface area contributed by atoms with Gasteiger partial charge in [-0.15, -0.1) is 0 Å². The highest BCUT2D eigenvalue weighted by Crippen LogP contribution is 2.44. The van der Waals surface area contributed by atoms with Gasteiger partial charge in [0, 0.05) is 0 Å². The van der Waals surface area contributed by atoms with Gasteiger partial charge in [0.15, 0.2) is 0 Å². The molecular formula is C13H24O. The van der Waals surface area contributed by atoms with Crippen molar-refractivity contribution in [2.75, 3.05) is 0 Å². The van der Waals surface area contributed by atoms with Crippen LogP contribution in [0.25, 0.3) is 0 Å². The Kier molecular flexibility index (Phi) is 3.41. The van der Waals surface area contributed by atoms with E-state index in [-0.39, 0.29) is 0 Å². The van der Waals surface area contributed by atoms with Crippen molar-refractivity contribution in [1.29, 1.82) is 0 Å². The Morgan fingerprint density at radius 2 is 2.00 bits per heavy atom. The van der Waals surface area contributed by atoms with E-state index >= 15 is 0 Å². The van der Waals surface area contributed by atoms with Gasteiger partial charge < -0.3 is 5.11 Å². The Hall–Kier alpha value is -0.300. The van der Waals surface area contributed by atoms with Crippen molar-refractivity contribution >= 4 is 0 Å². The van der Waals surface area contributed by atoms with Crippen molar-refractivity contribution in [1.82, 2.24) is 0 Å². The SMILES string of the molecule is C=C(C)C1(O)CC(C)CCC1C(C)C. The summed E-state index contributed by atoms with van der Waals surface area (Å²) in [7, 11) is 0. The van der Waals surface area contributed by atoms with Crippen LogP contribution in [0.1, 0.15) is 47.0 Å². The number of rotatable bonds is 2. The highest BCUT2D eigenvalue weighted by molar-refractivity contribution is 5.14. The van der Waals surface area contributed by atoms with Gasteiger partial charge in [-0.25, -0.2) is 0 Å². The molecule has 1 fully saturated rings. The molecule has 0 amide bonds. The molecule has 0 bridgehead atoms. The van der Waals surface area contributed by atoms with Crippen molar-refractivity contribution in [2.24, 2.45) is 17.8 Å². The minimum atomic E-state index is -0.605. The van der Waals surface area contributed by atoms with E-state index in [2.05, 4.69) is 27.4 Å². The normalized spacial score (nSPS) is 38.7. The van der Waals surface area contributed by atoms with Crippen molar-refractivity contribution in [3.05, 3.63) is 12.2 Å². The summed E-state index contributed by atoms with van der Waals surface area (Å²) in [4.78, 5) is 0. The van der Waals surface area contributed by atoms with Gasteiger partial charge in [0.1, 0.15) is 0 Å². The zero-order valence-corrected chi connectivity index (χ0v) is 10.0. The van der Waals surface area contributed by atoms with Crippen molar-refractivity contribution < 1.29 is 5.11 Å². The first-order valence-electron chi connectivity index (χ1n) is 5.76. The van der Waals surface area contributed by atoms with E-state index in [1.165, 1.54) is 6.42 Å². The number of hydrogen-bond donors (Lipinski definition) is 1. The molecule has 3 atom stereocenters. The first-order valence-corrected chi connectivity index (χ1v) is 5.76. The molecule has 0 aromatic rings. The third-order valence-corrected chi connectivity index (χ3v) is 3.79. The Bertz CT molecular complexity index is 219. The van der Waals surface area contributed by atoms with Crippen molar-refractivity contribution in [2.45, 2.75) is 52.6 Å². The molecular weight excluding hydrogens is 172 g/mol. The summed E-state index contributed by atoms with van der Waals surface area (Å²) in [6.07, 6.45) is 3.28. The topological polar surface area (TPSA) is 20.2 Å². The molecule has 14 heavy (non-hydrogen) atoms. The molecule has 0 aliphatic heterocycles. The Morgan fingerprint density at radius 1 is 1.43 bits per heavy atom. The summed E-state index contributed by atoms with van der Waals surface area (Å²) in [5, 5.41) is 10.6. The summed E-state index contributed by atoms with van der Waals surface area (Å²) < 4.78 is 0. The molecule has 1 nitrogen and oxygen atoms in total. The molecule has 0 saturated heterocycles. The molecule has 3 unspecified atom stereocenters. The zero-order chi connectivity index (χ0) is 10.9. The quantitative estimate of drug-likeness (QED) is 0.671. The highest BCUT2D eigenvalue weighted by Gasteiger charge is 2.43. The lowest BCUT2D eigenvalue weighted by molar-refractivity contribution is -0.0497. The summed E-state index contributed by atoms with van der Waals surface area (Å²) in [5.41, 5.74) is 0.342. The Balaban J connectivity index is 2.88. The summed E-state index contributed by atoms with van der Waals surface area (Å²) >= 11 is 0. The van der Waals surface area contributed by atoms with Gasteiger partial charge in [-0.1, -0.05) is 33.8 Å². The minimum absolute atomic E-state index is 0.399.